The first-order valence-corrected chi connectivity index (χ1v) is 9.47. The van der Waals surface area contributed by atoms with Crippen molar-refractivity contribution >= 4 is 34.4 Å². The quantitative estimate of drug-likeness (QED) is 0.472. The average molecular weight is 413 g/mol. The minimum absolute atomic E-state index is 0.350. The number of esters is 1. The molecule has 3 rings (SSSR count). The number of carbonyl (C=O) groups excluding carboxylic acids is 2. The molecular formula is C22H21ClN2O4. The Hall–Kier alpha value is -2.96. The number of carbonyl (C=O) groups is 2. The number of rotatable bonds is 7. The highest BCUT2D eigenvalue weighted by Crippen LogP contribution is 2.31. The molecule has 0 aliphatic heterocycles. The lowest BCUT2D eigenvalue weighted by Crippen LogP contribution is -2.31. The van der Waals surface area contributed by atoms with Crippen LogP contribution in [0.25, 0.3) is 22.2 Å². The second-order valence-corrected chi connectivity index (χ2v) is 6.84. The Morgan fingerprint density at radius 2 is 1.93 bits per heavy atom. The highest BCUT2D eigenvalue weighted by atomic mass is 35.5. The fourth-order valence-electron chi connectivity index (χ4n) is 3.03. The smallest absolute Gasteiger partial charge is 0.339 e. The van der Waals surface area contributed by atoms with Crippen molar-refractivity contribution in [2.24, 2.45) is 0 Å². The first-order chi connectivity index (χ1) is 14.0. The summed E-state index contributed by atoms with van der Waals surface area (Å²) in [4.78, 5) is 29.5. The van der Waals surface area contributed by atoms with Crippen LogP contribution in [0.5, 0.6) is 0 Å². The normalized spacial score (nSPS) is 10.7. The zero-order chi connectivity index (χ0) is 20.8. The molecule has 0 bridgehead atoms. The number of ether oxygens (including phenoxy) is 2. The lowest BCUT2D eigenvalue weighted by atomic mass is 9.98. The Labute approximate surface area is 173 Å². The summed E-state index contributed by atoms with van der Waals surface area (Å²) in [7, 11) is 1.54. The molecule has 150 valence electrons. The van der Waals surface area contributed by atoms with E-state index in [0.29, 0.717) is 45.9 Å². The van der Waals surface area contributed by atoms with Crippen LogP contribution in [-0.2, 0) is 14.3 Å². The first-order valence-electron chi connectivity index (χ1n) is 9.09. The van der Waals surface area contributed by atoms with E-state index in [1.165, 1.54) is 0 Å². The Kier molecular flexibility index (Phi) is 6.80. The minimum Gasteiger partial charge on any atom is -0.452 e. The van der Waals surface area contributed by atoms with Gasteiger partial charge in [0.25, 0.3) is 5.91 Å². The molecule has 3 aromatic rings. The van der Waals surface area contributed by atoms with Gasteiger partial charge in [0.2, 0.25) is 0 Å². The molecule has 2 aromatic carbocycles. The van der Waals surface area contributed by atoms with Crippen LogP contribution >= 0.6 is 11.6 Å². The Balaban J connectivity index is 1.95. The molecule has 1 N–H and O–H groups in total. The number of hydrogen-bond acceptors (Lipinski definition) is 5. The van der Waals surface area contributed by atoms with Gasteiger partial charge in [-0.05, 0) is 30.7 Å². The van der Waals surface area contributed by atoms with Crippen molar-refractivity contribution in [3.63, 3.8) is 0 Å². The Morgan fingerprint density at radius 3 is 2.69 bits per heavy atom. The number of halogens is 1. The molecule has 7 heteroatoms. The molecule has 0 aliphatic carbocycles. The molecule has 0 radical (unpaired) electrons. The van der Waals surface area contributed by atoms with Gasteiger partial charge in [0.15, 0.2) is 6.61 Å². The van der Waals surface area contributed by atoms with Gasteiger partial charge in [-0.15, -0.1) is 0 Å². The van der Waals surface area contributed by atoms with Crippen LogP contribution in [0.2, 0.25) is 5.02 Å². The number of fused-ring (bicyclic) bond motifs is 1. The van der Waals surface area contributed by atoms with E-state index < -0.39 is 5.97 Å². The highest BCUT2D eigenvalue weighted by Gasteiger charge is 2.21. The van der Waals surface area contributed by atoms with Gasteiger partial charge >= 0.3 is 5.97 Å². The number of pyridine rings is 1. The molecule has 0 saturated heterocycles. The summed E-state index contributed by atoms with van der Waals surface area (Å²) >= 11 is 6.13. The van der Waals surface area contributed by atoms with Gasteiger partial charge in [-0.2, -0.15) is 0 Å². The summed E-state index contributed by atoms with van der Waals surface area (Å²) in [6.45, 7) is 2.18. The minimum atomic E-state index is -0.578. The van der Waals surface area contributed by atoms with E-state index in [4.69, 9.17) is 26.1 Å². The summed E-state index contributed by atoms with van der Waals surface area (Å²) in [6.07, 6.45) is 0. The van der Waals surface area contributed by atoms with Crippen molar-refractivity contribution in [2.45, 2.75) is 6.92 Å². The maximum absolute atomic E-state index is 12.9. The van der Waals surface area contributed by atoms with E-state index in [1.54, 1.807) is 19.2 Å². The predicted molar refractivity (Wildman–Crippen MR) is 112 cm³/mol. The van der Waals surface area contributed by atoms with Gasteiger partial charge in [-0.3, -0.25) is 4.79 Å². The Morgan fingerprint density at radius 1 is 1.14 bits per heavy atom. The number of nitrogens with zero attached hydrogens (tertiary/aromatic N) is 1. The number of hydrogen-bond donors (Lipinski definition) is 1. The number of nitrogens with one attached hydrogen (secondary N) is 1. The lowest BCUT2D eigenvalue weighted by molar-refractivity contribution is -0.124. The molecule has 0 fully saturated rings. The van der Waals surface area contributed by atoms with Crippen LogP contribution in [-0.4, -0.2) is 43.7 Å². The number of amides is 1. The van der Waals surface area contributed by atoms with Crippen molar-refractivity contribution in [1.29, 1.82) is 0 Å². The molecule has 0 aliphatic rings. The topological polar surface area (TPSA) is 77.5 Å². The van der Waals surface area contributed by atoms with Gasteiger partial charge in [0.1, 0.15) is 0 Å². The molecular weight excluding hydrogens is 392 g/mol. The number of benzene rings is 2. The van der Waals surface area contributed by atoms with Crippen molar-refractivity contribution < 1.29 is 19.1 Å². The molecule has 6 nitrogen and oxygen atoms in total. The van der Waals surface area contributed by atoms with E-state index in [-0.39, 0.29) is 12.5 Å². The van der Waals surface area contributed by atoms with Crippen LogP contribution in [0.15, 0.2) is 48.5 Å². The molecule has 29 heavy (non-hydrogen) atoms. The first kappa shape index (κ1) is 20.8. The monoisotopic (exact) mass is 412 g/mol. The molecule has 0 spiro atoms. The Bertz CT molecular complexity index is 1050. The van der Waals surface area contributed by atoms with Crippen molar-refractivity contribution in [3.05, 3.63) is 64.7 Å². The van der Waals surface area contributed by atoms with Crippen LogP contribution in [0.3, 0.4) is 0 Å². The maximum atomic E-state index is 12.9. The molecule has 1 aromatic heterocycles. The zero-order valence-electron chi connectivity index (χ0n) is 16.2. The SMILES string of the molecule is COCCNC(=O)COC(=O)c1c(C)c(-c2cccc(Cl)c2)nc2ccccc12. The van der Waals surface area contributed by atoms with Gasteiger partial charge in [-0.1, -0.05) is 41.9 Å². The van der Waals surface area contributed by atoms with Gasteiger partial charge in [0.05, 0.1) is 23.4 Å². The third-order valence-electron chi connectivity index (χ3n) is 4.40. The maximum Gasteiger partial charge on any atom is 0.339 e. The fraction of sp³-hybridized carbons (Fsp3) is 0.227. The summed E-state index contributed by atoms with van der Waals surface area (Å²) in [5.74, 6) is -0.965. The second kappa shape index (κ2) is 9.49. The molecule has 1 heterocycles. The van der Waals surface area contributed by atoms with E-state index in [2.05, 4.69) is 5.32 Å². The van der Waals surface area contributed by atoms with Crippen molar-refractivity contribution in [3.8, 4) is 11.3 Å². The molecule has 0 saturated carbocycles. The standard InChI is InChI=1S/C22H21ClN2O4/c1-14-20(22(27)29-13-19(26)24-10-11-28-2)17-8-3-4-9-18(17)25-21(14)15-6-5-7-16(23)12-15/h3-9,12H,10-11,13H2,1-2H3,(H,24,26). The predicted octanol–water partition coefficient (Wildman–Crippen LogP) is 3.78. The van der Waals surface area contributed by atoms with Crippen molar-refractivity contribution in [2.75, 3.05) is 26.9 Å². The van der Waals surface area contributed by atoms with Crippen molar-refractivity contribution in [1.82, 2.24) is 10.3 Å². The number of aromatic nitrogens is 1. The molecule has 0 atom stereocenters. The van der Waals surface area contributed by atoms with Crippen LogP contribution in [0.4, 0.5) is 0 Å². The number of para-hydroxylation sites is 1. The largest absolute Gasteiger partial charge is 0.452 e. The molecule has 1 amide bonds. The van der Waals surface area contributed by atoms with E-state index in [1.807, 2.05) is 43.3 Å². The van der Waals surface area contributed by atoms with Gasteiger partial charge < -0.3 is 14.8 Å². The third-order valence-corrected chi connectivity index (χ3v) is 4.64. The lowest BCUT2D eigenvalue weighted by Gasteiger charge is -2.14. The third kappa shape index (κ3) is 4.91. The van der Waals surface area contributed by atoms with Gasteiger partial charge in [-0.25, -0.2) is 9.78 Å². The summed E-state index contributed by atoms with van der Waals surface area (Å²) in [6, 6.07) is 14.6. The molecule has 0 unspecified atom stereocenters. The van der Waals surface area contributed by atoms with E-state index in [9.17, 15) is 9.59 Å². The van der Waals surface area contributed by atoms with Crippen LogP contribution < -0.4 is 5.32 Å². The summed E-state index contributed by atoms with van der Waals surface area (Å²) < 4.78 is 10.2. The van der Waals surface area contributed by atoms with E-state index >= 15 is 0 Å². The summed E-state index contributed by atoms with van der Waals surface area (Å²) in [5.41, 5.74) is 3.14. The number of methoxy groups -OCH3 is 1. The average Bonchev–Trinajstić information content (AvgIpc) is 2.72. The van der Waals surface area contributed by atoms with Crippen LogP contribution in [0, 0.1) is 6.92 Å². The van der Waals surface area contributed by atoms with Crippen LogP contribution in [0.1, 0.15) is 15.9 Å². The van der Waals surface area contributed by atoms with Gasteiger partial charge in [0, 0.05) is 29.6 Å². The fourth-order valence-corrected chi connectivity index (χ4v) is 3.22. The summed E-state index contributed by atoms with van der Waals surface area (Å²) in [5, 5.41) is 3.86. The van der Waals surface area contributed by atoms with E-state index in [0.717, 1.165) is 5.56 Å². The highest BCUT2D eigenvalue weighted by molar-refractivity contribution is 6.30. The second-order valence-electron chi connectivity index (χ2n) is 6.41. The zero-order valence-corrected chi connectivity index (χ0v) is 17.0.